The highest BCUT2D eigenvalue weighted by atomic mass is 32.2. The Hall–Kier alpha value is -1.40. The van der Waals surface area contributed by atoms with Gasteiger partial charge in [-0.3, -0.25) is 0 Å². The van der Waals surface area contributed by atoms with Gasteiger partial charge in [-0.05, 0) is 68.2 Å². The maximum atomic E-state index is 12.9. The number of ether oxygens (including phenoxy) is 1. The van der Waals surface area contributed by atoms with Crippen LogP contribution in [0, 0.1) is 17.8 Å². The molecule has 2 aliphatic carbocycles. The van der Waals surface area contributed by atoms with Gasteiger partial charge in [0.15, 0.2) is 0 Å². The number of nitrogens with zero attached hydrogens (tertiary/aromatic N) is 1. The zero-order valence-electron chi connectivity index (χ0n) is 13.1. The maximum Gasteiger partial charge on any atom is 0.338 e. The molecule has 5 nitrogen and oxygen atoms in total. The summed E-state index contributed by atoms with van der Waals surface area (Å²) in [5.41, 5.74) is 0.382. The van der Waals surface area contributed by atoms with E-state index in [1.807, 2.05) is 0 Å². The third-order valence-electron chi connectivity index (χ3n) is 5.74. The fourth-order valence-corrected chi connectivity index (χ4v) is 6.42. The van der Waals surface area contributed by atoms with Gasteiger partial charge in [-0.2, -0.15) is 4.31 Å². The first kappa shape index (κ1) is 15.1. The van der Waals surface area contributed by atoms with E-state index < -0.39 is 16.0 Å². The van der Waals surface area contributed by atoms with Gasteiger partial charge in [-0.25, -0.2) is 13.2 Å². The molecule has 1 aliphatic heterocycles. The van der Waals surface area contributed by atoms with Crippen molar-refractivity contribution in [2.75, 3.05) is 13.2 Å². The van der Waals surface area contributed by atoms with Crippen LogP contribution in [0.15, 0.2) is 29.2 Å². The van der Waals surface area contributed by atoms with Crippen molar-refractivity contribution in [3.8, 4) is 0 Å². The van der Waals surface area contributed by atoms with E-state index in [0.29, 0.717) is 30.6 Å². The van der Waals surface area contributed by atoms with E-state index in [4.69, 9.17) is 4.74 Å². The standard InChI is InChI=1S/C17H21NO4S/c1-2-22-17(19)11-5-7-14(8-6-11)23(20,21)18-10-15-12-3-4-13(9-12)16(15)18/h5-8,12-13,15-16H,2-4,9-10H2,1H3. The monoisotopic (exact) mass is 335 g/mol. The summed E-state index contributed by atoms with van der Waals surface area (Å²) in [6, 6.07) is 6.30. The molecule has 0 amide bonds. The van der Waals surface area contributed by atoms with Crippen LogP contribution in [0.5, 0.6) is 0 Å². The number of carbonyl (C=O) groups is 1. The normalized spacial score (nSPS) is 32.4. The third kappa shape index (κ3) is 2.22. The number of hydrogen-bond donors (Lipinski definition) is 0. The highest BCUT2D eigenvalue weighted by molar-refractivity contribution is 7.89. The molecule has 1 heterocycles. The number of rotatable bonds is 4. The van der Waals surface area contributed by atoms with E-state index in [1.54, 1.807) is 11.2 Å². The van der Waals surface area contributed by atoms with Gasteiger partial charge in [0, 0.05) is 12.6 Å². The molecule has 23 heavy (non-hydrogen) atoms. The van der Waals surface area contributed by atoms with Crippen LogP contribution in [0.1, 0.15) is 36.5 Å². The topological polar surface area (TPSA) is 63.7 Å². The summed E-state index contributed by atoms with van der Waals surface area (Å²) in [7, 11) is -3.45. The van der Waals surface area contributed by atoms with Crippen molar-refractivity contribution in [1.82, 2.24) is 4.31 Å². The Kier molecular flexibility index (Phi) is 3.50. The molecule has 0 aromatic heterocycles. The number of carbonyl (C=O) groups excluding carboxylic acids is 1. The van der Waals surface area contributed by atoms with Gasteiger partial charge in [0.2, 0.25) is 10.0 Å². The molecule has 1 aromatic rings. The fourth-order valence-electron chi connectivity index (χ4n) is 4.65. The molecule has 3 fully saturated rings. The summed E-state index contributed by atoms with van der Waals surface area (Å²) >= 11 is 0. The van der Waals surface area contributed by atoms with Crippen molar-refractivity contribution in [2.45, 2.75) is 37.1 Å². The Morgan fingerprint density at radius 2 is 1.91 bits per heavy atom. The Morgan fingerprint density at radius 1 is 1.22 bits per heavy atom. The molecule has 6 heteroatoms. The van der Waals surface area contributed by atoms with Crippen LogP contribution >= 0.6 is 0 Å². The molecule has 4 atom stereocenters. The summed E-state index contributed by atoms with van der Waals surface area (Å²) in [5.74, 6) is 1.44. The van der Waals surface area contributed by atoms with Crippen molar-refractivity contribution in [3.05, 3.63) is 29.8 Å². The molecular weight excluding hydrogens is 314 g/mol. The molecule has 1 saturated heterocycles. The van der Waals surface area contributed by atoms with Crippen LogP contribution in [0.4, 0.5) is 0 Å². The van der Waals surface area contributed by atoms with Crippen LogP contribution in [-0.4, -0.2) is 37.9 Å². The predicted octanol–water partition coefficient (Wildman–Crippen LogP) is 2.28. The average molecular weight is 335 g/mol. The van der Waals surface area contributed by atoms with Gasteiger partial charge in [-0.15, -0.1) is 0 Å². The summed E-state index contributed by atoms with van der Waals surface area (Å²) < 4.78 is 32.3. The molecule has 2 bridgehead atoms. The summed E-state index contributed by atoms with van der Waals surface area (Å²) in [6.45, 7) is 2.71. The minimum absolute atomic E-state index is 0.212. The first-order valence-electron chi connectivity index (χ1n) is 8.31. The van der Waals surface area contributed by atoms with E-state index >= 15 is 0 Å². The maximum absolute atomic E-state index is 12.9. The average Bonchev–Trinajstić information content (AvgIpc) is 3.04. The van der Waals surface area contributed by atoms with Crippen LogP contribution in [0.2, 0.25) is 0 Å². The lowest BCUT2D eigenvalue weighted by Crippen LogP contribution is -2.60. The molecule has 0 N–H and O–H groups in total. The Morgan fingerprint density at radius 3 is 2.57 bits per heavy atom. The summed E-state index contributed by atoms with van der Waals surface area (Å²) in [4.78, 5) is 11.9. The first-order valence-corrected chi connectivity index (χ1v) is 9.75. The molecule has 124 valence electrons. The molecular formula is C17H21NO4S. The predicted molar refractivity (Wildman–Crippen MR) is 84.4 cm³/mol. The van der Waals surface area contributed by atoms with Gasteiger partial charge in [0.05, 0.1) is 17.1 Å². The van der Waals surface area contributed by atoms with Crippen LogP contribution in [0.3, 0.4) is 0 Å². The Labute approximate surface area is 136 Å². The molecule has 4 unspecified atom stereocenters. The second-order valence-corrected chi connectivity index (χ2v) is 8.70. The molecule has 4 rings (SSSR count). The van der Waals surface area contributed by atoms with Gasteiger partial charge >= 0.3 is 5.97 Å². The highest BCUT2D eigenvalue weighted by Gasteiger charge is 2.59. The minimum atomic E-state index is -3.45. The lowest BCUT2D eigenvalue weighted by atomic mass is 9.79. The SMILES string of the molecule is CCOC(=O)c1ccc(S(=O)(=O)N2CC3C4CCC(C4)C32)cc1. The molecule has 0 spiro atoms. The minimum Gasteiger partial charge on any atom is -0.462 e. The first-order chi connectivity index (χ1) is 11.0. The summed E-state index contributed by atoms with van der Waals surface area (Å²) in [5, 5.41) is 0. The quantitative estimate of drug-likeness (QED) is 0.792. The second-order valence-electron chi connectivity index (χ2n) is 6.81. The van der Waals surface area contributed by atoms with E-state index in [-0.39, 0.29) is 10.9 Å². The van der Waals surface area contributed by atoms with Crippen molar-refractivity contribution in [1.29, 1.82) is 0 Å². The van der Waals surface area contributed by atoms with E-state index in [1.165, 1.54) is 43.5 Å². The van der Waals surface area contributed by atoms with Crippen LogP contribution in [0.25, 0.3) is 0 Å². The smallest absolute Gasteiger partial charge is 0.338 e. The van der Waals surface area contributed by atoms with E-state index in [2.05, 4.69) is 0 Å². The largest absolute Gasteiger partial charge is 0.462 e. The number of esters is 1. The Balaban J connectivity index is 1.54. The van der Waals surface area contributed by atoms with Gasteiger partial charge < -0.3 is 4.74 Å². The fraction of sp³-hybridized carbons (Fsp3) is 0.588. The van der Waals surface area contributed by atoms with Gasteiger partial charge in [0.25, 0.3) is 0 Å². The highest BCUT2D eigenvalue weighted by Crippen LogP contribution is 2.56. The van der Waals surface area contributed by atoms with Gasteiger partial charge in [-0.1, -0.05) is 0 Å². The van der Waals surface area contributed by atoms with Gasteiger partial charge in [0.1, 0.15) is 0 Å². The van der Waals surface area contributed by atoms with Crippen molar-refractivity contribution < 1.29 is 17.9 Å². The van der Waals surface area contributed by atoms with E-state index in [0.717, 1.165) is 5.92 Å². The molecule has 2 saturated carbocycles. The number of hydrogen-bond acceptors (Lipinski definition) is 4. The lowest BCUT2D eigenvalue weighted by Gasteiger charge is -2.49. The van der Waals surface area contributed by atoms with Crippen LogP contribution < -0.4 is 0 Å². The van der Waals surface area contributed by atoms with E-state index in [9.17, 15) is 13.2 Å². The number of benzene rings is 1. The van der Waals surface area contributed by atoms with Crippen molar-refractivity contribution in [2.24, 2.45) is 17.8 Å². The third-order valence-corrected chi connectivity index (χ3v) is 7.61. The van der Waals surface area contributed by atoms with Crippen LogP contribution in [-0.2, 0) is 14.8 Å². The van der Waals surface area contributed by atoms with Crippen molar-refractivity contribution >= 4 is 16.0 Å². The molecule has 3 aliphatic rings. The summed E-state index contributed by atoms with van der Waals surface area (Å²) in [6.07, 6.45) is 3.64. The zero-order chi connectivity index (χ0) is 16.2. The number of fused-ring (bicyclic) bond motifs is 5. The lowest BCUT2D eigenvalue weighted by molar-refractivity contribution is 0.0505. The number of sulfonamides is 1. The molecule has 1 aromatic carbocycles. The molecule has 0 radical (unpaired) electrons. The van der Waals surface area contributed by atoms with Crippen molar-refractivity contribution in [3.63, 3.8) is 0 Å². The Bertz CT molecular complexity index is 725. The zero-order valence-corrected chi connectivity index (χ0v) is 14.0. The second kappa shape index (κ2) is 5.31.